The highest BCUT2D eigenvalue weighted by molar-refractivity contribution is 7.60. The van der Waals surface area contributed by atoms with E-state index in [1.165, 1.54) is 0 Å². The molecule has 3 heterocycles. The van der Waals surface area contributed by atoms with Crippen LogP contribution in [-0.2, 0) is 27.4 Å². The summed E-state index contributed by atoms with van der Waals surface area (Å²) in [6.07, 6.45) is -19.2. The first-order chi connectivity index (χ1) is 16.6. The minimum absolute atomic E-state index is 0.615. The fourth-order valence-corrected chi connectivity index (χ4v) is 5.61. The highest BCUT2D eigenvalue weighted by Crippen LogP contribution is 2.59. The van der Waals surface area contributed by atoms with Gasteiger partial charge in [-0.25, -0.2) is 13.9 Å². The van der Waals surface area contributed by atoms with Crippen molar-refractivity contribution < 1.29 is 72.8 Å². The molecule has 0 amide bonds. The van der Waals surface area contributed by atoms with Crippen molar-refractivity contribution in [2.45, 2.75) is 61.2 Å². The number of H-pyrrole nitrogens is 1. The van der Waals surface area contributed by atoms with Gasteiger partial charge in [-0.2, -0.15) is 4.31 Å². The highest BCUT2D eigenvalue weighted by Gasteiger charge is 2.57. The van der Waals surface area contributed by atoms with Gasteiger partial charge >= 0.3 is 21.3 Å². The lowest BCUT2D eigenvalue weighted by Crippen LogP contribution is -2.64. The minimum atomic E-state index is -5.78. The Bertz CT molecular complexity index is 1130. The SMILES string of the molecule is O=c1ccn(C2OC(C(OP(=O)(O)OP(=O)(O)O)C3OC(CO)C(O)C(O)C3O)C(O)C2O)c(=O)[nH]1. The molecular weight excluding hydrogens is 542 g/mol. The maximum Gasteiger partial charge on any atom is 0.481 e. The summed E-state index contributed by atoms with van der Waals surface area (Å²) < 4.78 is 43.1. The van der Waals surface area contributed by atoms with E-state index in [1.54, 1.807) is 0 Å². The van der Waals surface area contributed by atoms with Crippen LogP contribution >= 0.6 is 15.6 Å². The number of nitrogens with one attached hydrogen (secondary N) is 1. The Kier molecular flexibility index (Phi) is 8.73. The van der Waals surface area contributed by atoms with Gasteiger partial charge in [0.25, 0.3) is 5.56 Å². The predicted molar refractivity (Wildman–Crippen MR) is 109 cm³/mol. The number of aromatic amines is 1. The molecule has 2 aliphatic heterocycles. The van der Waals surface area contributed by atoms with Crippen molar-refractivity contribution in [3.05, 3.63) is 33.1 Å². The monoisotopic (exact) mass is 566 g/mol. The van der Waals surface area contributed by atoms with E-state index in [0.29, 0.717) is 4.57 Å². The fourth-order valence-electron chi connectivity index (χ4n) is 3.83. The van der Waals surface area contributed by atoms with E-state index in [9.17, 15) is 54.3 Å². The lowest BCUT2D eigenvalue weighted by Gasteiger charge is -2.44. The Morgan fingerprint density at radius 3 is 2.08 bits per heavy atom. The van der Waals surface area contributed by atoms with Gasteiger partial charge in [0, 0.05) is 12.3 Å². The fraction of sp³-hybridized carbons (Fsp3) is 0.733. The number of ether oxygens (including phenoxy) is 2. The topological polar surface area (TPSA) is 308 Å². The summed E-state index contributed by atoms with van der Waals surface area (Å²) in [5.41, 5.74) is -1.93. The van der Waals surface area contributed by atoms with Gasteiger partial charge in [-0.1, -0.05) is 0 Å². The Hall–Kier alpha value is -1.38. The quantitative estimate of drug-likeness (QED) is 0.131. The lowest BCUT2D eigenvalue weighted by atomic mass is 9.89. The van der Waals surface area contributed by atoms with Crippen LogP contribution in [0.4, 0.5) is 0 Å². The molecule has 0 spiro atoms. The Balaban J connectivity index is 2.02. The minimum Gasteiger partial charge on any atom is -0.394 e. The van der Waals surface area contributed by atoms with Gasteiger partial charge in [0.15, 0.2) is 6.23 Å². The number of aliphatic hydroxyl groups is 6. The van der Waals surface area contributed by atoms with Gasteiger partial charge in [0.1, 0.15) is 54.9 Å². The molecule has 19 nitrogen and oxygen atoms in total. The summed E-state index contributed by atoms with van der Waals surface area (Å²) in [4.78, 5) is 52.9. The Morgan fingerprint density at radius 2 is 1.53 bits per heavy atom. The normalized spacial score (nSPS) is 38.0. The molecule has 2 saturated heterocycles. The Morgan fingerprint density at radius 1 is 0.944 bits per heavy atom. The van der Waals surface area contributed by atoms with Gasteiger partial charge in [-0.15, -0.1) is 0 Å². The highest BCUT2D eigenvalue weighted by atomic mass is 31.3. The van der Waals surface area contributed by atoms with Crippen molar-refractivity contribution in [1.29, 1.82) is 0 Å². The van der Waals surface area contributed by atoms with E-state index in [0.717, 1.165) is 12.3 Å². The zero-order valence-electron chi connectivity index (χ0n) is 17.8. The van der Waals surface area contributed by atoms with Crippen molar-refractivity contribution >= 4 is 15.6 Å². The maximum absolute atomic E-state index is 12.3. The molecule has 0 radical (unpaired) electrons. The van der Waals surface area contributed by atoms with Crippen molar-refractivity contribution in [3.8, 4) is 0 Å². The van der Waals surface area contributed by atoms with Crippen LogP contribution in [0.3, 0.4) is 0 Å². The second-order valence-electron chi connectivity index (χ2n) is 7.89. The first kappa shape index (κ1) is 29.2. The number of phosphoric acid groups is 2. The largest absolute Gasteiger partial charge is 0.481 e. The van der Waals surface area contributed by atoms with E-state index in [-0.39, 0.29) is 0 Å². The van der Waals surface area contributed by atoms with E-state index in [4.69, 9.17) is 23.8 Å². The molecule has 1 aromatic rings. The van der Waals surface area contributed by atoms with E-state index >= 15 is 0 Å². The first-order valence-electron chi connectivity index (χ1n) is 9.98. The molecule has 36 heavy (non-hydrogen) atoms. The van der Waals surface area contributed by atoms with Crippen molar-refractivity contribution in [2.24, 2.45) is 0 Å². The molecule has 3 rings (SSSR count). The molecule has 206 valence electrons. The van der Waals surface area contributed by atoms with E-state index < -0.39 is 94.7 Å². The van der Waals surface area contributed by atoms with Gasteiger partial charge < -0.3 is 54.8 Å². The molecule has 0 aromatic carbocycles. The second-order valence-corrected chi connectivity index (χ2v) is 10.7. The molecule has 0 saturated carbocycles. The number of hydrogen-bond donors (Lipinski definition) is 10. The number of hydrogen-bond acceptors (Lipinski definition) is 14. The van der Waals surface area contributed by atoms with Crippen LogP contribution < -0.4 is 11.2 Å². The number of aliphatic hydroxyl groups excluding tert-OH is 6. The third-order valence-electron chi connectivity index (χ3n) is 5.44. The van der Waals surface area contributed by atoms with Crippen LogP contribution in [0.1, 0.15) is 6.23 Å². The van der Waals surface area contributed by atoms with Crippen LogP contribution in [0.5, 0.6) is 0 Å². The zero-order chi connectivity index (χ0) is 27.2. The van der Waals surface area contributed by atoms with Gasteiger partial charge in [-0.3, -0.25) is 18.9 Å². The third kappa shape index (κ3) is 6.18. The Labute approximate surface area is 199 Å². The van der Waals surface area contributed by atoms with Crippen LogP contribution in [0, 0.1) is 0 Å². The molecule has 11 unspecified atom stereocenters. The number of aromatic nitrogens is 2. The van der Waals surface area contributed by atoms with Crippen molar-refractivity contribution in [2.75, 3.05) is 6.61 Å². The van der Waals surface area contributed by atoms with Crippen molar-refractivity contribution in [1.82, 2.24) is 9.55 Å². The summed E-state index contributed by atoms with van der Waals surface area (Å²) in [7, 11) is -11.5. The molecule has 1 aromatic heterocycles. The smallest absolute Gasteiger partial charge is 0.394 e. The predicted octanol–water partition coefficient (Wildman–Crippen LogP) is -5.41. The van der Waals surface area contributed by atoms with Gasteiger partial charge in [0.2, 0.25) is 0 Å². The van der Waals surface area contributed by atoms with E-state index in [2.05, 4.69) is 4.31 Å². The molecule has 21 heteroatoms. The average Bonchev–Trinajstić information content (AvgIpc) is 3.04. The van der Waals surface area contributed by atoms with Crippen LogP contribution in [-0.4, -0.2) is 116 Å². The summed E-state index contributed by atoms with van der Waals surface area (Å²) in [6, 6.07) is 0.860. The number of nitrogens with zero attached hydrogens (tertiary/aromatic N) is 1. The van der Waals surface area contributed by atoms with E-state index in [1.807, 2.05) is 4.98 Å². The maximum atomic E-state index is 12.3. The van der Waals surface area contributed by atoms with Gasteiger partial charge in [-0.05, 0) is 0 Å². The second kappa shape index (κ2) is 10.8. The van der Waals surface area contributed by atoms with Gasteiger partial charge in [0.05, 0.1) is 6.61 Å². The van der Waals surface area contributed by atoms with Crippen LogP contribution in [0.25, 0.3) is 0 Å². The summed E-state index contributed by atoms with van der Waals surface area (Å²) >= 11 is 0. The molecule has 0 bridgehead atoms. The van der Waals surface area contributed by atoms with Crippen LogP contribution in [0.2, 0.25) is 0 Å². The standard InChI is InChI=1S/C15H24N2O17P2/c18-3-4-6(20)7(21)8(22)11(31-4)13(33-36(29,30)34-35(26,27)28)12-9(23)10(24)14(32-12)17-2-1-5(19)16-15(17)25/h1-2,4,6-14,18,20-24H,3H2,(H,29,30)(H,16,19,25)(H2,26,27,28). The molecule has 2 fully saturated rings. The molecule has 11 atom stereocenters. The molecule has 2 aliphatic rings. The van der Waals surface area contributed by atoms with Crippen molar-refractivity contribution in [3.63, 3.8) is 0 Å². The zero-order valence-corrected chi connectivity index (χ0v) is 19.6. The van der Waals surface area contributed by atoms with Crippen LogP contribution in [0.15, 0.2) is 21.9 Å². The molecular formula is C15H24N2O17P2. The number of phosphoric ester groups is 1. The summed E-state index contributed by atoms with van der Waals surface area (Å²) in [6.45, 7) is -0.962. The molecule has 0 aliphatic carbocycles. The first-order valence-corrected chi connectivity index (χ1v) is 13.0. The average molecular weight is 566 g/mol. The third-order valence-corrected chi connectivity index (χ3v) is 7.63. The molecule has 10 N–H and O–H groups in total. The lowest BCUT2D eigenvalue weighted by molar-refractivity contribution is -0.260. The summed E-state index contributed by atoms with van der Waals surface area (Å²) in [5, 5.41) is 61.0. The number of rotatable bonds is 8. The summed E-state index contributed by atoms with van der Waals surface area (Å²) in [5.74, 6) is 0.